The molecule has 0 bridgehead atoms. The van der Waals surface area contributed by atoms with Crippen molar-refractivity contribution in [3.63, 3.8) is 0 Å². The van der Waals surface area contributed by atoms with Gasteiger partial charge in [0.25, 0.3) is 0 Å². The fourth-order valence-electron chi connectivity index (χ4n) is 2.84. The third-order valence-electron chi connectivity index (χ3n) is 4.05. The largest absolute Gasteiger partial charge is 0.481 e. The molecule has 1 aliphatic rings. The maximum Gasteiger partial charge on any atom is 0.315 e. The Morgan fingerprint density at radius 3 is 2.65 bits per heavy atom. The summed E-state index contributed by atoms with van der Waals surface area (Å²) in [5.41, 5.74) is 1.55. The highest BCUT2D eigenvalue weighted by molar-refractivity contribution is 7.99. The summed E-state index contributed by atoms with van der Waals surface area (Å²) < 4.78 is 0. The number of hydrogen-bond donors (Lipinski definition) is 4. The normalized spacial score (nSPS) is 14.5. The van der Waals surface area contributed by atoms with Crippen LogP contribution in [0, 0.1) is 0 Å². The summed E-state index contributed by atoms with van der Waals surface area (Å²) in [6.45, 7) is -0.101. The van der Waals surface area contributed by atoms with Crippen molar-refractivity contribution in [2.24, 2.45) is 0 Å². The van der Waals surface area contributed by atoms with E-state index in [1.807, 2.05) is 6.07 Å². The van der Waals surface area contributed by atoms with Gasteiger partial charge in [-0.2, -0.15) is 0 Å². The molecule has 0 radical (unpaired) electrons. The van der Waals surface area contributed by atoms with Crippen molar-refractivity contribution in [2.45, 2.75) is 43.9 Å². The highest BCUT2D eigenvalue weighted by atomic mass is 32.2. The summed E-state index contributed by atoms with van der Waals surface area (Å²) in [6, 6.07) is 7.12. The molecule has 0 aromatic heterocycles. The summed E-state index contributed by atoms with van der Waals surface area (Å²) in [5.74, 6) is -0.564. The molecule has 0 heterocycles. The van der Waals surface area contributed by atoms with E-state index in [2.05, 4.69) is 16.0 Å². The van der Waals surface area contributed by atoms with Gasteiger partial charge < -0.3 is 21.1 Å². The fraction of sp³-hybridized carbons (Fsp3) is 0.500. The molecule has 1 aromatic carbocycles. The molecule has 0 saturated heterocycles. The number of carbonyl (C=O) groups excluding carboxylic acids is 2. The van der Waals surface area contributed by atoms with Gasteiger partial charge in [0.2, 0.25) is 5.91 Å². The number of anilines is 1. The van der Waals surface area contributed by atoms with Crippen LogP contribution in [0.5, 0.6) is 0 Å². The van der Waals surface area contributed by atoms with E-state index in [1.165, 1.54) is 18.2 Å². The number of nitrogens with one attached hydrogen (secondary N) is 3. The molecule has 1 aliphatic carbocycles. The molecule has 8 heteroatoms. The Morgan fingerprint density at radius 2 is 1.92 bits per heavy atom. The number of urea groups is 1. The van der Waals surface area contributed by atoms with Crippen LogP contribution in [0.15, 0.2) is 24.3 Å². The lowest BCUT2D eigenvalue weighted by atomic mass is 9.96. The predicted octanol–water partition coefficient (Wildman–Crippen LogP) is 2.57. The molecule has 0 aliphatic heterocycles. The molecule has 7 nitrogen and oxygen atoms in total. The third-order valence-corrected chi connectivity index (χ3v) is 5.04. The molecular weight excluding hydrogens is 354 g/mol. The van der Waals surface area contributed by atoms with Crippen LogP contribution in [0.4, 0.5) is 10.5 Å². The number of carboxylic acid groups (broad SMARTS) is 1. The van der Waals surface area contributed by atoms with E-state index in [9.17, 15) is 14.4 Å². The average molecular weight is 379 g/mol. The van der Waals surface area contributed by atoms with Crippen molar-refractivity contribution >= 4 is 35.4 Å². The summed E-state index contributed by atoms with van der Waals surface area (Å²) in [4.78, 5) is 34.4. The van der Waals surface area contributed by atoms with Crippen LogP contribution >= 0.6 is 11.8 Å². The Balaban J connectivity index is 1.71. The zero-order valence-electron chi connectivity index (χ0n) is 14.6. The Labute approximate surface area is 157 Å². The first-order valence-electron chi connectivity index (χ1n) is 8.75. The van der Waals surface area contributed by atoms with E-state index in [0.29, 0.717) is 11.4 Å². The highest BCUT2D eigenvalue weighted by Gasteiger charge is 2.15. The number of benzene rings is 1. The predicted molar refractivity (Wildman–Crippen MR) is 102 cm³/mol. The van der Waals surface area contributed by atoms with Crippen LogP contribution in [0.2, 0.25) is 0 Å². The van der Waals surface area contributed by atoms with Crippen LogP contribution < -0.4 is 16.0 Å². The second-order valence-electron chi connectivity index (χ2n) is 6.30. The van der Waals surface area contributed by atoms with E-state index in [4.69, 9.17) is 5.11 Å². The number of rotatable bonds is 8. The van der Waals surface area contributed by atoms with Crippen LogP contribution in [-0.2, 0) is 15.3 Å². The Kier molecular flexibility index (Phi) is 8.27. The lowest BCUT2D eigenvalue weighted by Crippen LogP contribution is -2.45. The summed E-state index contributed by atoms with van der Waals surface area (Å²) in [5, 5.41) is 16.9. The van der Waals surface area contributed by atoms with Crippen LogP contribution in [0.25, 0.3) is 0 Å². The second kappa shape index (κ2) is 10.7. The molecule has 3 amide bonds. The molecule has 2 rings (SSSR count). The second-order valence-corrected chi connectivity index (χ2v) is 7.28. The number of aliphatic carboxylic acids is 1. The van der Waals surface area contributed by atoms with Crippen molar-refractivity contribution in [1.29, 1.82) is 0 Å². The average Bonchev–Trinajstić information content (AvgIpc) is 2.61. The Morgan fingerprint density at radius 1 is 1.15 bits per heavy atom. The van der Waals surface area contributed by atoms with E-state index in [1.54, 1.807) is 18.2 Å². The minimum atomic E-state index is -0.850. The van der Waals surface area contributed by atoms with E-state index < -0.39 is 5.97 Å². The number of amides is 3. The fourth-order valence-corrected chi connectivity index (χ4v) is 3.54. The van der Waals surface area contributed by atoms with Gasteiger partial charge in [-0.1, -0.05) is 31.4 Å². The van der Waals surface area contributed by atoms with Gasteiger partial charge in [-0.05, 0) is 30.5 Å². The molecule has 0 spiro atoms. The van der Waals surface area contributed by atoms with Gasteiger partial charge in [0.05, 0.1) is 12.3 Å². The molecular formula is C18H25N3O4S. The molecule has 4 N–H and O–H groups in total. The topological polar surface area (TPSA) is 108 Å². The van der Waals surface area contributed by atoms with Gasteiger partial charge in [-0.15, -0.1) is 11.8 Å². The van der Waals surface area contributed by atoms with Crippen molar-refractivity contribution in [1.82, 2.24) is 10.6 Å². The van der Waals surface area contributed by atoms with Gasteiger partial charge >= 0.3 is 12.0 Å². The van der Waals surface area contributed by atoms with Crippen LogP contribution in [0.3, 0.4) is 0 Å². The van der Waals surface area contributed by atoms with Gasteiger partial charge in [-0.25, -0.2) is 4.79 Å². The zero-order chi connectivity index (χ0) is 18.8. The number of hydrogen-bond acceptors (Lipinski definition) is 4. The van der Waals surface area contributed by atoms with Crippen LogP contribution in [0.1, 0.15) is 37.7 Å². The molecule has 0 unspecified atom stereocenters. The quantitative estimate of drug-likeness (QED) is 0.555. The zero-order valence-corrected chi connectivity index (χ0v) is 15.4. The van der Waals surface area contributed by atoms with E-state index in [-0.39, 0.29) is 30.3 Å². The van der Waals surface area contributed by atoms with Gasteiger partial charge in [0.15, 0.2) is 0 Å². The van der Waals surface area contributed by atoms with Crippen molar-refractivity contribution in [3.8, 4) is 0 Å². The van der Waals surface area contributed by atoms with Gasteiger partial charge in [0.1, 0.15) is 0 Å². The minimum absolute atomic E-state index is 0.0383. The number of thioether (sulfide) groups is 1. The van der Waals surface area contributed by atoms with E-state index >= 15 is 0 Å². The molecule has 1 saturated carbocycles. The molecule has 1 fully saturated rings. The SMILES string of the molecule is O=C(O)CSCc1cccc(NC(=O)CNC(=O)NC2CCCCC2)c1. The summed E-state index contributed by atoms with van der Waals surface area (Å²) >= 11 is 1.30. The maximum absolute atomic E-state index is 12.0. The Hall–Kier alpha value is -2.22. The standard InChI is InChI=1S/C18H25N3O4S/c22-16(10-19-18(25)21-14-6-2-1-3-7-14)20-15-8-4-5-13(9-15)11-26-12-17(23)24/h4-5,8-9,14H,1-3,6-7,10-12H2,(H,20,22)(H,23,24)(H2,19,21,25). The first-order valence-corrected chi connectivity index (χ1v) is 9.91. The smallest absolute Gasteiger partial charge is 0.315 e. The monoisotopic (exact) mass is 379 g/mol. The van der Waals surface area contributed by atoms with Crippen molar-refractivity contribution in [3.05, 3.63) is 29.8 Å². The first kappa shape index (κ1) is 20.1. The highest BCUT2D eigenvalue weighted by Crippen LogP contribution is 2.17. The number of carboxylic acids is 1. The maximum atomic E-state index is 12.0. The van der Waals surface area contributed by atoms with Gasteiger partial charge in [-0.3, -0.25) is 9.59 Å². The van der Waals surface area contributed by atoms with Crippen LogP contribution in [-0.4, -0.2) is 41.4 Å². The minimum Gasteiger partial charge on any atom is -0.481 e. The van der Waals surface area contributed by atoms with E-state index in [0.717, 1.165) is 31.2 Å². The lowest BCUT2D eigenvalue weighted by Gasteiger charge is -2.22. The Bertz CT molecular complexity index is 633. The molecule has 26 heavy (non-hydrogen) atoms. The molecule has 142 valence electrons. The lowest BCUT2D eigenvalue weighted by molar-refractivity contribution is -0.133. The number of carbonyl (C=O) groups is 3. The molecule has 1 aromatic rings. The summed E-state index contributed by atoms with van der Waals surface area (Å²) in [6.07, 6.45) is 5.47. The van der Waals surface area contributed by atoms with Gasteiger partial charge in [0, 0.05) is 17.5 Å². The summed E-state index contributed by atoms with van der Waals surface area (Å²) in [7, 11) is 0. The van der Waals surface area contributed by atoms with Crippen molar-refractivity contribution in [2.75, 3.05) is 17.6 Å². The third kappa shape index (κ3) is 7.77. The molecule has 0 atom stereocenters. The van der Waals surface area contributed by atoms with Crippen molar-refractivity contribution < 1.29 is 19.5 Å². The first-order chi connectivity index (χ1) is 12.5.